The molecule has 1 heterocycles. The van der Waals surface area contributed by atoms with Crippen LogP contribution < -0.4 is 0 Å². The van der Waals surface area contributed by atoms with Gasteiger partial charge in [0.05, 0.1) is 6.10 Å². The quantitative estimate of drug-likeness (QED) is 0.667. The van der Waals surface area contributed by atoms with Crippen LogP contribution in [0.3, 0.4) is 0 Å². The minimum Gasteiger partial charge on any atom is -0.378 e. The Labute approximate surface area is 99.1 Å². The fourth-order valence-electron chi connectivity index (χ4n) is 1.60. The van der Waals surface area contributed by atoms with Crippen LogP contribution >= 0.6 is 0 Å². The van der Waals surface area contributed by atoms with Gasteiger partial charge in [-0.2, -0.15) is 0 Å². The molecule has 0 aromatic carbocycles. The average molecular weight is 221 g/mol. The number of allylic oxidation sites excluding steroid dienone is 2. The van der Waals surface area contributed by atoms with Gasteiger partial charge in [-0.25, -0.2) is 0 Å². The fourth-order valence-corrected chi connectivity index (χ4v) is 1.60. The van der Waals surface area contributed by atoms with Crippen molar-refractivity contribution in [3.8, 4) is 0 Å². The van der Waals surface area contributed by atoms with Gasteiger partial charge in [0, 0.05) is 29.9 Å². The third-order valence-corrected chi connectivity index (χ3v) is 3.11. The molecule has 2 heteroatoms. The minimum atomic E-state index is -0.127. The van der Waals surface area contributed by atoms with E-state index in [0.29, 0.717) is 0 Å². The van der Waals surface area contributed by atoms with Crippen molar-refractivity contribution >= 4 is 6.21 Å². The Morgan fingerprint density at radius 3 is 2.50 bits per heavy atom. The van der Waals surface area contributed by atoms with E-state index in [0.717, 1.165) is 6.61 Å². The highest BCUT2D eigenvalue weighted by molar-refractivity contribution is 5.70. The number of nitrogens with zero attached hydrogens (tertiary/aromatic N) is 1. The Bertz CT molecular complexity index is 315. The molecule has 1 rings (SSSR count). The Morgan fingerprint density at radius 1 is 1.19 bits per heavy atom. The highest BCUT2D eigenvalue weighted by Gasteiger charge is 2.28. The summed E-state index contributed by atoms with van der Waals surface area (Å²) >= 11 is 0. The topological polar surface area (TPSA) is 21.6 Å². The largest absolute Gasteiger partial charge is 0.378 e. The third-order valence-electron chi connectivity index (χ3n) is 3.11. The zero-order valence-electron chi connectivity index (χ0n) is 11.0. The van der Waals surface area contributed by atoms with Crippen molar-refractivity contribution in [2.75, 3.05) is 6.61 Å². The van der Waals surface area contributed by atoms with Crippen molar-refractivity contribution < 1.29 is 4.74 Å². The van der Waals surface area contributed by atoms with E-state index >= 15 is 0 Å². The van der Waals surface area contributed by atoms with Crippen LogP contribution in [0.5, 0.6) is 0 Å². The molecule has 0 radical (unpaired) electrons. The van der Waals surface area contributed by atoms with Crippen LogP contribution in [-0.2, 0) is 4.74 Å². The molecule has 0 aromatic rings. The Hall–Kier alpha value is -0.890. The third kappa shape index (κ3) is 3.31. The van der Waals surface area contributed by atoms with Crippen LogP contribution in [0.25, 0.3) is 0 Å². The van der Waals surface area contributed by atoms with E-state index in [9.17, 15) is 0 Å². The normalized spacial score (nSPS) is 33.8. The van der Waals surface area contributed by atoms with E-state index in [2.05, 4.69) is 50.9 Å². The predicted molar refractivity (Wildman–Crippen MR) is 69.7 cm³/mol. The van der Waals surface area contributed by atoms with Gasteiger partial charge in [0.25, 0.3) is 0 Å². The number of hydrogen-bond acceptors (Lipinski definition) is 2. The van der Waals surface area contributed by atoms with Gasteiger partial charge in [0.2, 0.25) is 0 Å². The van der Waals surface area contributed by atoms with Crippen molar-refractivity contribution in [2.45, 2.75) is 40.7 Å². The summed E-state index contributed by atoms with van der Waals surface area (Å²) in [5.41, 5.74) is -0.0665. The first-order valence-corrected chi connectivity index (χ1v) is 5.94. The summed E-state index contributed by atoms with van der Waals surface area (Å²) in [4.78, 5) is 4.35. The lowest BCUT2D eigenvalue weighted by Crippen LogP contribution is -2.32. The van der Waals surface area contributed by atoms with Crippen molar-refractivity contribution in [1.29, 1.82) is 0 Å². The smallest absolute Gasteiger partial charge is 0.0684 e. The second kappa shape index (κ2) is 4.96. The Morgan fingerprint density at radius 2 is 1.88 bits per heavy atom. The van der Waals surface area contributed by atoms with E-state index in [4.69, 9.17) is 4.74 Å². The predicted octanol–water partition coefficient (Wildman–Crippen LogP) is 3.60. The molecule has 2 unspecified atom stereocenters. The monoisotopic (exact) mass is 221 g/mol. The summed E-state index contributed by atoms with van der Waals surface area (Å²) in [6, 6.07) is 0. The van der Waals surface area contributed by atoms with Gasteiger partial charge < -0.3 is 4.74 Å². The van der Waals surface area contributed by atoms with Gasteiger partial charge in [-0.3, -0.25) is 4.99 Å². The molecule has 0 bridgehead atoms. The van der Waals surface area contributed by atoms with Crippen molar-refractivity contribution in [3.63, 3.8) is 0 Å². The molecule has 0 saturated carbocycles. The molecule has 1 aliphatic heterocycles. The molecular weight excluding hydrogens is 198 g/mol. The lowest BCUT2D eigenvalue weighted by atomic mass is 9.81. The molecule has 2 nitrogen and oxygen atoms in total. The van der Waals surface area contributed by atoms with Gasteiger partial charge >= 0.3 is 0 Å². The van der Waals surface area contributed by atoms with E-state index in [-0.39, 0.29) is 16.9 Å². The first kappa shape index (κ1) is 13.2. The molecule has 1 aliphatic rings. The molecule has 2 atom stereocenters. The Kier molecular flexibility index (Phi) is 4.09. The summed E-state index contributed by atoms with van der Waals surface area (Å²) in [5.74, 6) is 0. The van der Waals surface area contributed by atoms with Crippen LogP contribution in [0.4, 0.5) is 0 Å². The molecule has 0 fully saturated rings. The summed E-state index contributed by atoms with van der Waals surface area (Å²) in [7, 11) is 0. The number of rotatable bonds is 3. The van der Waals surface area contributed by atoms with Gasteiger partial charge in [-0.1, -0.05) is 32.1 Å². The summed E-state index contributed by atoms with van der Waals surface area (Å²) in [6.45, 7) is 11.4. The number of ether oxygens (including phenoxy) is 1. The average Bonchev–Trinajstić information content (AvgIpc) is 2.21. The van der Waals surface area contributed by atoms with Gasteiger partial charge in [-0.05, 0) is 20.8 Å². The molecule has 0 saturated heterocycles. The summed E-state index contributed by atoms with van der Waals surface area (Å²) in [5, 5.41) is 0. The second-order valence-electron chi connectivity index (χ2n) is 5.21. The van der Waals surface area contributed by atoms with E-state index in [1.54, 1.807) is 0 Å². The molecule has 16 heavy (non-hydrogen) atoms. The Balaban J connectivity index is 2.96. The van der Waals surface area contributed by atoms with Crippen LogP contribution in [0.2, 0.25) is 0 Å². The number of aliphatic imine (C=N–C) groups is 1. The zero-order chi connectivity index (χ0) is 12.2. The maximum atomic E-state index is 5.68. The molecule has 90 valence electrons. The molecular formula is C14H23NO. The second-order valence-corrected chi connectivity index (χ2v) is 5.21. The first-order valence-electron chi connectivity index (χ1n) is 5.94. The molecule has 0 spiro atoms. The molecule has 0 N–H and O–H groups in total. The fraction of sp³-hybridized carbons (Fsp3) is 0.643. The highest BCUT2D eigenvalue weighted by atomic mass is 16.5. The van der Waals surface area contributed by atoms with Crippen LogP contribution in [0.1, 0.15) is 34.6 Å². The minimum absolute atomic E-state index is 0.0605. The number of hydrogen-bond donors (Lipinski definition) is 0. The highest BCUT2D eigenvalue weighted by Crippen LogP contribution is 2.29. The maximum Gasteiger partial charge on any atom is 0.0684 e. The zero-order valence-corrected chi connectivity index (χ0v) is 11.0. The van der Waals surface area contributed by atoms with Crippen LogP contribution in [0.15, 0.2) is 29.4 Å². The van der Waals surface area contributed by atoms with Crippen molar-refractivity contribution in [1.82, 2.24) is 0 Å². The lowest BCUT2D eigenvalue weighted by Gasteiger charge is -2.30. The standard InChI is InChI=1S/C14H23NO/c1-6-16-12(2)14(5)8-7-13(3,4)9-10-15-11-14/h7-12H,6H2,1-5H3/b8-7-,10-9-,15-11?. The summed E-state index contributed by atoms with van der Waals surface area (Å²) < 4.78 is 5.68. The van der Waals surface area contributed by atoms with E-state index in [1.807, 2.05) is 19.3 Å². The van der Waals surface area contributed by atoms with Crippen LogP contribution in [-0.4, -0.2) is 18.9 Å². The van der Waals surface area contributed by atoms with Crippen LogP contribution in [0, 0.1) is 10.8 Å². The van der Waals surface area contributed by atoms with Gasteiger partial charge in [0.1, 0.15) is 0 Å². The maximum absolute atomic E-state index is 5.68. The van der Waals surface area contributed by atoms with Crippen molar-refractivity contribution in [2.24, 2.45) is 15.8 Å². The van der Waals surface area contributed by atoms with E-state index in [1.165, 1.54) is 0 Å². The summed E-state index contributed by atoms with van der Waals surface area (Å²) in [6.07, 6.45) is 10.5. The van der Waals surface area contributed by atoms with Crippen molar-refractivity contribution in [3.05, 3.63) is 24.4 Å². The molecule has 0 aromatic heterocycles. The lowest BCUT2D eigenvalue weighted by molar-refractivity contribution is 0.0349. The van der Waals surface area contributed by atoms with E-state index < -0.39 is 0 Å². The first-order chi connectivity index (χ1) is 7.40. The van der Waals surface area contributed by atoms with Gasteiger partial charge in [0.15, 0.2) is 0 Å². The molecule has 0 aliphatic carbocycles. The van der Waals surface area contributed by atoms with Gasteiger partial charge in [-0.15, -0.1) is 0 Å². The SMILES string of the molecule is CCOC(C)C1(C)C=N/C=C\C(C)(C)/C=C\1. The molecule has 0 amide bonds.